The van der Waals surface area contributed by atoms with E-state index >= 15 is 0 Å². The molecule has 2 heterocycles. The maximum atomic E-state index is 13.3. The number of nitro benzene ring substituents is 1. The van der Waals surface area contributed by atoms with Crippen LogP contribution in [0.2, 0.25) is 0 Å². The van der Waals surface area contributed by atoms with Crippen molar-refractivity contribution in [3.8, 4) is 17.0 Å². The number of hydrogen-bond donors (Lipinski definition) is 2. The third-order valence-electron chi connectivity index (χ3n) is 6.15. The Balaban J connectivity index is 1.45. The third kappa shape index (κ3) is 6.62. The molecule has 3 aromatic carbocycles. The standard InChI is InChI=1S/C27H26N6O6S2/c1-38-22-10-7-20(8-11-22)31-41(36,37)25-17-21(33(34)35)9-12-23(25)30-28-18-24-26(19-5-3-2-4-6-19)29-27(40-24)32-13-15-39-16-14-32/h2-12,17-18,30-31H,13-16H2,1H3. The normalized spacial score (nSPS) is 13.7. The lowest BCUT2D eigenvalue weighted by Crippen LogP contribution is -2.36. The van der Waals surface area contributed by atoms with Crippen LogP contribution < -0.4 is 19.8 Å². The Morgan fingerprint density at radius 1 is 1.10 bits per heavy atom. The van der Waals surface area contributed by atoms with Crippen LogP contribution >= 0.6 is 11.3 Å². The molecule has 0 spiro atoms. The summed E-state index contributed by atoms with van der Waals surface area (Å²) in [6.45, 7) is 2.68. The van der Waals surface area contributed by atoms with E-state index in [9.17, 15) is 18.5 Å². The fourth-order valence-electron chi connectivity index (χ4n) is 4.07. The van der Waals surface area contributed by atoms with Crippen molar-refractivity contribution < 1.29 is 22.8 Å². The van der Waals surface area contributed by atoms with Gasteiger partial charge in [-0.15, -0.1) is 0 Å². The molecule has 212 valence electrons. The lowest BCUT2D eigenvalue weighted by atomic mass is 10.1. The lowest BCUT2D eigenvalue weighted by Gasteiger charge is -2.26. The van der Waals surface area contributed by atoms with Gasteiger partial charge in [0.05, 0.1) is 47.7 Å². The molecule has 1 aromatic heterocycles. The molecular formula is C27H26N6O6S2. The first-order valence-electron chi connectivity index (χ1n) is 12.5. The van der Waals surface area contributed by atoms with Gasteiger partial charge < -0.3 is 14.4 Å². The number of hydrazone groups is 1. The predicted molar refractivity (Wildman–Crippen MR) is 159 cm³/mol. The van der Waals surface area contributed by atoms with E-state index in [1.807, 2.05) is 30.3 Å². The zero-order valence-electron chi connectivity index (χ0n) is 21.9. The Morgan fingerprint density at radius 2 is 1.83 bits per heavy atom. The van der Waals surface area contributed by atoms with Crippen LogP contribution in [0.1, 0.15) is 4.88 Å². The smallest absolute Gasteiger partial charge is 0.270 e. The summed E-state index contributed by atoms with van der Waals surface area (Å²) in [4.78, 5) is 18.2. The largest absolute Gasteiger partial charge is 0.497 e. The summed E-state index contributed by atoms with van der Waals surface area (Å²) in [6, 6.07) is 19.4. The van der Waals surface area contributed by atoms with Crippen LogP contribution in [0.5, 0.6) is 5.75 Å². The van der Waals surface area contributed by atoms with Crippen molar-refractivity contribution in [1.82, 2.24) is 4.98 Å². The molecule has 4 aromatic rings. The second-order valence-corrected chi connectivity index (χ2v) is 11.5. The van der Waals surface area contributed by atoms with E-state index in [1.54, 1.807) is 18.3 Å². The first-order valence-corrected chi connectivity index (χ1v) is 14.8. The van der Waals surface area contributed by atoms with Crippen LogP contribution in [-0.4, -0.2) is 58.0 Å². The van der Waals surface area contributed by atoms with Gasteiger partial charge in [-0.2, -0.15) is 5.10 Å². The van der Waals surface area contributed by atoms with Crippen molar-refractivity contribution in [3.05, 3.63) is 87.8 Å². The van der Waals surface area contributed by atoms with Crippen LogP contribution in [0, 0.1) is 10.1 Å². The first kappa shape index (κ1) is 28.0. The summed E-state index contributed by atoms with van der Waals surface area (Å²) < 4.78 is 39.7. The monoisotopic (exact) mass is 594 g/mol. The molecule has 0 unspecified atom stereocenters. The average molecular weight is 595 g/mol. The molecule has 1 fully saturated rings. The summed E-state index contributed by atoms with van der Waals surface area (Å²) in [7, 11) is -2.74. The average Bonchev–Trinajstić information content (AvgIpc) is 3.42. The number of aromatic nitrogens is 1. The van der Waals surface area contributed by atoms with Gasteiger partial charge in [0.2, 0.25) is 0 Å². The maximum absolute atomic E-state index is 13.3. The molecule has 0 amide bonds. The lowest BCUT2D eigenvalue weighted by molar-refractivity contribution is -0.385. The molecule has 1 aliphatic heterocycles. The van der Waals surface area contributed by atoms with Gasteiger partial charge in [0.1, 0.15) is 10.6 Å². The molecule has 5 rings (SSSR count). The summed E-state index contributed by atoms with van der Waals surface area (Å²) in [5, 5.41) is 16.6. The molecule has 12 nitrogen and oxygen atoms in total. The van der Waals surface area contributed by atoms with E-state index in [1.165, 1.54) is 42.7 Å². The second-order valence-electron chi connectivity index (χ2n) is 8.82. The third-order valence-corrected chi connectivity index (χ3v) is 8.62. The Labute approximate surface area is 240 Å². The number of rotatable bonds is 10. The molecule has 1 aliphatic rings. The van der Waals surface area contributed by atoms with E-state index < -0.39 is 14.9 Å². The number of thiazole rings is 1. The topological polar surface area (TPSA) is 148 Å². The van der Waals surface area contributed by atoms with Crippen molar-refractivity contribution in [2.24, 2.45) is 5.10 Å². The number of benzene rings is 3. The number of nitrogens with one attached hydrogen (secondary N) is 2. The fraction of sp³-hybridized carbons (Fsp3) is 0.185. The summed E-state index contributed by atoms with van der Waals surface area (Å²) in [6.07, 6.45) is 1.57. The molecule has 2 N–H and O–H groups in total. The number of anilines is 3. The van der Waals surface area contributed by atoms with Crippen LogP contribution in [-0.2, 0) is 14.8 Å². The fourth-order valence-corrected chi connectivity index (χ4v) is 6.32. The van der Waals surface area contributed by atoms with Gasteiger partial charge in [0.15, 0.2) is 5.13 Å². The second kappa shape index (κ2) is 12.3. The van der Waals surface area contributed by atoms with E-state index in [0.717, 1.165) is 40.4 Å². The minimum absolute atomic E-state index is 0.0621. The van der Waals surface area contributed by atoms with Crippen LogP contribution in [0.15, 0.2) is 82.8 Å². The molecule has 0 aliphatic carbocycles. The molecule has 41 heavy (non-hydrogen) atoms. The molecule has 14 heteroatoms. The highest BCUT2D eigenvalue weighted by molar-refractivity contribution is 7.92. The maximum Gasteiger partial charge on any atom is 0.270 e. The number of non-ortho nitro benzene ring substituents is 1. The van der Waals surface area contributed by atoms with Crippen molar-refractivity contribution >= 4 is 49.8 Å². The number of nitro groups is 1. The molecular weight excluding hydrogens is 568 g/mol. The van der Waals surface area contributed by atoms with E-state index in [4.69, 9.17) is 14.5 Å². The van der Waals surface area contributed by atoms with Gasteiger partial charge in [-0.3, -0.25) is 20.3 Å². The number of ether oxygens (including phenoxy) is 2. The summed E-state index contributed by atoms with van der Waals surface area (Å²) >= 11 is 1.46. The van der Waals surface area contributed by atoms with Crippen molar-refractivity contribution in [2.75, 3.05) is 48.5 Å². The summed E-state index contributed by atoms with van der Waals surface area (Å²) in [5.41, 5.74) is 4.35. The quantitative estimate of drug-likeness (QED) is 0.150. The van der Waals surface area contributed by atoms with Gasteiger partial charge in [0, 0.05) is 36.5 Å². The van der Waals surface area contributed by atoms with Gasteiger partial charge in [-0.1, -0.05) is 41.7 Å². The molecule has 0 saturated carbocycles. The highest BCUT2D eigenvalue weighted by Crippen LogP contribution is 2.33. The Kier molecular flexibility index (Phi) is 8.42. The zero-order valence-corrected chi connectivity index (χ0v) is 23.5. The van der Waals surface area contributed by atoms with Crippen molar-refractivity contribution in [2.45, 2.75) is 4.90 Å². The predicted octanol–water partition coefficient (Wildman–Crippen LogP) is 4.81. The minimum Gasteiger partial charge on any atom is -0.497 e. The van der Waals surface area contributed by atoms with Gasteiger partial charge in [-0.05, 0) is 30.3 Å². The Bertz CT molecular complexity index is 1650. The van der Waals surface area contributed by atoms with Crippen molar-refractivity contribution in [1.29, 1.82) is 0 Å². The molecule has 0 atom stereocenters. The van der Waals surface area contributed by atoms with E-state index in [2.05, 4.69) is 20.1 Å². The minimum atomic E-state index is -4.24. The SMILES string of the molecule is COc1ccc(NS(=O)(=O)c2cc([N+](=O)[O-])ccc2NN=Cc2sc(N3CCOCC3)nc2-c2ccccc2)cc1. The number of nitrogens with zero attached hydrogens (tertiary/aromatic N) is 4. The molecule has 1 saturated heterocycles. The van der Waals surface area contributed by atoms with Crippen LogP contribution in [0.3, 0.4) is 0 Å². The molecule has 0 bridgehead atoms. The van der Waals surface area contributed by atoms with Crippen LogP contribution in [0.25, 0.3) is 11.3 Å². The number of methoxy groups -OCH3 is 1. The Hall–Kier alpha value is -4.53. The van der Waals surface area contributed by atoms with Gasteiger partial charge in [-0.25, -0.2) is 13.4 Å². The highest BCUT2D eigenvalue weighted by atomic mass is 32.2. The van der Waals surface area contributed by atoms with Crippen molar-refractivity contribution in [3.63, 3.8) is 0 Å². The van der Waals surface area contributed by atoms with Gasteiger partial charge >= 0.3 is 0 Å². The molecule has 0 radical (unpaired) electrons. The first-order chi connectivity index (χ1) is 19.8. The number of morpholine rings is 1. The Morgan fingerprint density at radius 3 is 2.51 bits per heavy atom. The van der Waals surface area contributed by atoms with Crippen LogP contribution in [0.4, 0.5) is 22.2 Å². The van der Waals surface area contributed by atoms with Gasteiger partial charge in [0.25, 0.3) is 15.7 Å². The summed E-state index contributed by atoms with van der Waals surface area (Å²) in [5.74, 6) is 0.551. The number of sulfonamides is 1. The number of hydrogen-bond acceptors (Lipinski definition) is 11. The highest BCUT2D eigenvalue weighted by Gasteiger charge is 2.23. The van der Waals surface area contributed by atoms with E-state index in [-0.39, 0.29) is 22.0 Å². The van der Waals surface area contributed by atoms with E-state index in [0.29, 0.717) is 19.0 Å². The zero-order chi connectivity index (χ0) is 28.8.